The summed E-state index contributed by atoms with van der Waals surface area (Å²) in [7, 11) is -1.20. The molecule has 0 N–H and O–H groups in total. The Morgan fingerprint density at radius 1 is 1.25 bits per heavy atom. The molecule has 0 aromatic rings. The van der Waals surface area contributed by atoms with Crippen molar-refractivity contribution in [3.8, 4) is 0 Å². The van der Waals surface area contributed by atoms with Gasteiger partial charge in [0, 0.05) is 13.2 Å². The molecule has 0 saturated heterocycles. The molecule has 0 unspecified atom stereocenters. The Morgan fingerprint density at radius 3 is 1.67 bits per heavy atom. The fourth-order valence-electron chi connectivity index (χ4n) is 0.377. The molecule has 0 aliphatic rings. The Morgan fingerprint density at radius 2 is 1.67 bits per heavy atom. The summed E-state index contributed by atoms with van der Waals surface area (Å²) in [5, 5.41) is 0. The van der Waals surface area contributed by atoms with E-state index >= 15 is 0 Å². The van der Waals surface area contributed by atoms with Crippen LogP contribution < -0.4 is 0 Å². The van der Waals surface area contributed by atoms with E-state index in [1.165, 1.54) is 0 Å². The van der Waals surface area contributed by atoms with Gasteiger partial charge < -0.3 is 10.3 Å². The Labute approximate surface area is 76.4 Å². The second-order valence-electron chi connectivity index (χ2n) is 3.39. The molecule has 72 valence electrons. The normalized spacial score (nSPS) is 9.42. The highest BCUT2D eigenvalue weighted by Gasteiger charge is 2.14. The van der Waals surface area contributed by atoms with Crippen molar-refractivity contribution in [2.75, 3.05) is 13.2 Å². The van der Waals surface area contributed by atoms with Crippen LogP contribution in [-0.4, -0.2) is 31.9 Å². The van der Waals surface area contributed by atoms with Crippen LogP contribution in [0.4, 0.5) is 0 Å². The quantitative estimate of drug-likeness (QED) is 0.290. The molecule has 0 spiro atoms. The smallest absolute Gasteiger partial charge is 0.226 e. The van der Waals surface area contributed by atoms with Crippen molar-refractivity contribution in [1.29, 1.82) is 0 Å². The van der Waals surface area contributed by atoms with E-state index in [-0.39, 0.29) is 0 Å². The Balaban J connectivity index is 0. The summed E-state index contributed by atoms with van der Waals surface area (Å²) in [6, 6.07) is 0. The van der Waals surface area contributed by atoms with Gasteiger partial charge in [-0.05, 0) is 13.8 Å². The SMILES string of the molecule is CCOCC.C[Si](C)(C)C=[N+]=[N-]. The first-order valence-corrected chi connectivity index (χ1v) is 7.82. The van der Waals surface area contributed by atoms with Gasteiger partial charge in [0.25, 0.3) is 0 Å². The van der Waals surface area contributed by atoms with Crippen LogP contribution in [0.3, 0.4) is 0 Å². The maximum absolute atomic E-state index is 8.01. The van der Waals surface area contributed by atoms with E-state index in [9.17, 15) is 0 Å². The molecule has 3 nitrogen and oxygen atoms in total. The van der Waals surface area contributed by atoms with Gasteiger partial charge in [0.1, 0.15) is 0 Å². The summed E-state index contributed by atoms with van der Waals surface area (Å²) in [4.78, 5) is 2.94. The third-order valence-electron chi connectivity index (χ3n) is 0.853. The molecular formula is C8H20N2OSi. The average Bonchev–Trinajstić information content (AvgIpc) is 1.87. The number of hydrogen-bond acceptors (Lipinski definition) is 1. The predicted octanol–water partition coefficient (Wildman–Crippen LogP) is 2.21. The summed E-state index contributed by atoms with van der Waals surface area (Å²) in [6.45, 7) is 12.0. The lowest BCUT2D eigenvalue weighted by Crippen LogP contribution is -2.22. The molecule has 4 heteroatoms. The third kappa shape index (κ3) is 22.7. The topological polar surface area (TPSA) is 45.6 Å². The van der Waals surface area contributed by atoms with Gasteiger partial charge in [-0.3, -0.25) is 0 Å². The number of ether oxygens (including phenoxy) is 1. The van der Waals surface area contributed by atoms with Gasteiger partial charge in [0.2, 0.25) is 5.84 Å². The Bertz CT molecular complexity index is 134. The standard InChI is InChI=1S/C4H10N2Si.C4H10O/c1-7(2,3)4-6-5;1-3-5-4-2/h4H,1-3H3;3-4H2,1-2H3. The summed E-state index contributed by atoms with van der Waals surface area (Å²) in [5.41, 5.74) is 8.01. The van der Waals surface area contributed by atoms with Gasteiger partial charge in [-0.2, -0.15) is 4.79 Å². The lowest BCUT2D eigenvalue weighted by atomic mass is 10.8. The maximum atomic E-state index is 8.01. The van der Waals surface area contributed by atoms with Crippen molar-refractivity contribution >= 4 is 13.9 Å². The first-order chi connectivity index (χ1) is 5.47. The van der Waals surface area contributed by atoms with Gasteiger partial charge in [0.05, 0.1) is 0 Å². The lowest BCUT2D eigenvalue weighted by Gasteiger charge is -1.95. The summed E-state index contributed by atoms with van der Waals surface area (Å²) in [5.74, 6) is 1.63. The Hall–Kier alpha value is -0.443. The second kappa shape index (κ2) is 8.65. The molecular weight excluding hydrogens is 168 g/mol. The predicted molar refractivity (Wildman–Crippen MR) is 55.2 cm³/mol. The molecule has 0 aromatic carbocycles. The van der Waals surface area contributed by atoms with Gasteiger partial charge in [0.15, 0.2) is 8.07 Å². The first kappa shape index (κ1) is 14.1. The van der Waals surface area contributed by atoms with Crippen molar-refractivity contribution < 1.29 is 9.53 Å². The molecule has 12 heavy (non-hydrogen) atoms. The fourth-order valence-corrected chi connectivity index (χ4v) is 0.724. The van der Waals surface area contributed by atoms with Crippen LogP contribution in [0, 0.1) is 0 Å². The van der Waals surface area contributed by atoms with Crippen LogP contribution >= 0.6 is 0 Å². The summed E-state index contributed by atoms with van der Waals surface area (Å²) < 4.78 is 4.83. The van der Waals surface area contributed by atoms with Crippen LogP contribution in [0.1, 0.15) is 13.8 Å². The molecule has 0 heterocycles. The molecule has 0 aliphatic carbocycles. The zero-order chi connectivity index (χ0) is 10.0. The van der Waals surface area contributed by atoms with Crippen molar-refractivity contribution in [3.63, 3.8) is 0 Å². The Kier molecular flexibility index (Phi) is 10.2. The van der Waals surface area contributed by atoms with Crippen LogP contribution in [0.2, 0.25) is 19.6 Å². The van der Waals surface area contributed by atoms with E-state index in [2.05, 4.69) is 24.4 Å². The number of nitrogens with zero attached hydrogens (tertiary/aromatic N) is 2. The van der Waals surface area contributed by atoms with Gasteiger partial charge in [-0.15, -0.1) is 0 Å². The van der Waals surface area contributed by atoms with E-state index in [1.54, 1.807) is 5.84 Å². The monoisotopic (exact) mass is 188 g/mol. The lowest BCUT2D eigenvalue weighted by molar-refractivity contribution is 0.00680. The maximum Gasteiger partial charge on any atom is 0.226 e. The molecule has 0 fully saturated rings. The van der Waals surface area contributed by atoms with E-state index < -0.39 is 8.07 Å². The van der Waals surface area contributed by atoms with E-state index in [0.29, 0.717) is 0 Å². The van der Waals surface area contributed by atoms with Crippen molar-refractivity contribution in [2.45, 2.75) is 33.5 Å². The largest absolute Gasteiger partial charge is 0.382 e. The highest BCUT2D eigenvalue weighted by Crippen LogP contribution is 1.91. The number of rotatable bonds is 3. The highest BCUT2D eigenvalue weighted by molar-refractivity contribution is 6.98. The minimum absolute atomic E-state index is 0.844. The molecule has 0 saturated carbocycles. The van der Waals surface area contributed by atoms with E-state index in [4.69, 9.17) is 10.3 Å². The first-order valence-electron chi connectivity index (χ1n) is 4.24. The zero-order valence-electron chi connectivity index (χ0n) is 8.79. The molecule has 0 amide bonds. The minimum Gasteiger partial charge on any atom is -0.382 e. The summed E-state index contributed by atoms with van der Waals surface area (Å²) >= 11 is 0. The van der Waals surface area contributed by atoms with E-state index in [0.717, 1.165) is 13.2 Å². The second-order valence-corrected chi connectivity index (χ2v) is 8.38. The molecule has 0 aromatic heterocycles. The molecule has 0 bridgehead atoms. The number of hydrogen-bond donors (Lipinski definition) is 0. The van der Waals surface area contributed by atoms with Crippen LogP contribution in [0.15, 0.2) is 0 Å². The molecule has 0 atom stereocenters. The van der Waals surface area contributed by atoms with Gasteiger partial charge >= 0.3 is 0 Å². The van der Waals surface area contributed by atoms with Crippen molar-refractivity contribution in [1.82, 2.24) is 0 Å². The van der Waals surface area contributed by atoms with E-state index in [1.807, 2.05) is 13.8 Å². The average molecular weight is 188 g/mol. The van der Waals surface area contributed by atoms with Crippen LogP contribution in [0.5, 0.6) is 0 Å². The molecule has 0 rings (SSSR count). The molecule has 0 radical (unpaired) electrons. The fraction of sp³-hybridized carbons (Fsp3) is 0.875. The van der Waals surface area contributed by atoms with Crippen molar-refractivity contribution in [2.24, 2.45) is 0 Å². The highest BCUT2D eigenvalue weighted by atomic mass is 28.3. The minimum atomic E-state index is -1.20. The van der Waals surface area contributed by atoms with Crippen LogP contribution in [0.25, 0.3) is 5.53 Å². The van der Waals surface area contributed by atoms with Crippen LogP contribution in [-0.2, 0) is 4.74 Å². The third-order valence-corrected chi connectivity index (χ3v) is 1.74. The summed E-state index contributed by atoms with van der Waals surface area (Å²) in [6.07, 6.45) is 0. The molecule has 0 aliphatic heterocycles. The van der Waals surface area contributed by atoms with Gasteiger partial charge in [-0.1, -0.05) is 19.6 Å². The van der Waals surface area contributed by atoms with Gasteiger partial charge in [-0.25, -0.2) is 0 Å². The van der Waals surface area contributed by atoms with Crippen molar-refractivity contribution in [3.05, 3.63) is 5.53 Å². The zero-order valence-corrected chi connectivity index (χ0v) is 9.79.